The first-order chi connectivity index (χ1) is 13.4. The fraction of sp³-hybridized carbons (Fsp3) is 0.150. The van der Waals surface area contributed by atoms with Crippen LogP contribution in [-0.4, -0.2) is 31.7 Å². The highest BCUT2D eigenvalue weighted by atomic mass is 79.9. The highest BCUT2D eigenvalue weighted by molar-refractivity contribution is 9.10. The summed E-state index contributed by atoms with van der Waals surface area (Å²) in [7, 11) is 1.54. The minimum Gasteiger partial charge on any atom is -0.493 e. The molecule has 2 rings (SSSR count). The van der Waals surface area contributed by atoms with E-state index < -0.39 is 0 Å². The maximum atomic E-state index is 12.2. The van der Waals surface area contributed by atoms with Gasteiger partial charge in [-0.05, 0) is 57.9 Å². The zero-order chi connectivity index (χ0) is 20.5. The number of carbonyl (C=O) groups excluding carboxylic acids is 2. The van der Waals surface area contributed by atoms with Crippen LogP contribution in [0, 0.1) is 0 Å². The van der Waals surface area contributed by atoms with E-state index in [2.05, 4.69) is 38.4 Å². The van der Waals surface area contributed by atoms with Gasteiger partial charge in [0, 0.05) is 18.2 Å². The van der Waals surface area contributed by atoms with E-state index in [9.17, 15) is 9.59 Å². The van der Waals surface area contributed by atoms with Gasteiger partial charge in [0.15, 0.2) is 11.5 Å². The Bertz CT molecular complexity index is 895. The fourth-order valence-electron chi connectivity index (χ4n) is 2.23. The van der Waals surface area contributed by atoms with E-state index in [0.29, 0.717) is 39.4 Å². The predicted octanol–water partition coefficient (Wildman–Crippen LogP) is 3.74. The molecule has 8 heteroatoms. The van der Waals surface area contributed by atoms with Crippen LogP contribution in [0.1, 0.15) is 22.8 Å². The third-order valence-corrected chi connectivity index (χ3v) is 4.03. The molecule has 2 N–H and O–H groups in total. The monoisotopic (exact) mass is 445 g/mol. The molecule has 0 spiro atoms. The van der Waals surface area contributed by atoms with E-state index in [1.807, 2.05) is 0 Å². The number of ether oxygens (including phenoxy) is 2. The predicted molar refractivity (Wildman–Crippen MR) is 112 cm³/mol. The summed E-state index contributed by atoms with van der Waals surface area (Å²) in [4.78, 5) is 23.2. The molecule has 28 heavy (non-hydrogen) atoms. The van der Waals surface area contributed by atoms with Crippen LogP contribution in [0.5, 0.6) is 11.5 Å². The lowest BCUT2D eigenvalue weighted by Crippen LogP contribution is -2.17. The molecular weight excluding hydrogens is 426 g/mol. The van der Waals surface area contributed by atoms with Gasteiger partial charge in [0.05, 0.1) is 17.8 Å². The van der Waals surface area contributed by atoms with Gasteiger partial charge in [0.1, 0.15) is 6.61 Å². The number of carbonyl (C=O) groups is 2. The van der Waals surface area contributed by atoms with Crippen LogP contribution in [0.2, 0.25) is 0 Å². The van der Waals surface area contributed by atoms with Gasteiger partial charge in [-0.1, -0.05) is 12.7 Å². The Hall–Kier alpha value is -3.13. The number of nitrogens with one attached hydrogen (secondary N) is 2. The maximum Gasteiger partial charge on any atom is 0.271 e. The first kappa shape index (κ1) is 21.2. The van der Waals surface area contributed by atoms with E-state index >= 15 is 0 Å². The zero-order valence-corrected chi connectivity index (χ0v) is 17.1. The number of amides is 2. The number of anilines is 1. The van der Waals surface area contributed by atoms with Crippen LogP contribution in [0.4, 0.5) is 5.69 Å². The largest absolute Gasteiger partial charge is 0.493 e. The second-order valence-electron chi connectivity index (χ2n) is 5.59. The number of halogens is 1. The number of hydrazone groups is 1. The molecule has 146 valence electrons. The third kappa shape index (κ3) is 5.95. The van der Waals surface area contributed by atoms with Gasteiger partial charge in [-0.15, -0.1) is 0 Å². The standard InChI is InChI=1S/C20H20BrN3O4/c1-4-9-28-19-17(21)10-14(11-18(19)27-3)12-22-24-20(26)15-5-7-16(8-6-15)23-13(2)25/h4-8,10-12H,1,9H2,2-3H3,(H,23,25)(H,24,26)/b22-12-. The van der Waals surface area contributed by atoms with Crippen molar-refractivity contribution >= 4 is 39.6 Å². The molecule has 0 aliphatic heterocycles. The van der Waals surface area contributed by atoms with Crippen molar-refractivity contribution in [3.8, 4) is 11.5 Å². The summed E-state index contributed by atoms with van der Waals surface area (Å²) in [6, 6.07) is 10.0. The zero-order valence-electron chi connectivity index (χ0n) is 15.5. The van der Waals surface area contributed by atoms with Crippen LogP contribution in [-0.2, 0) is 4.79 Å². The molecule has 2 aromatic rings. The van der Waals surface area contributed by atoms with E-state index in [-0.39, 0.29) is 11.8 Å². The number of benzene rings is 2. The SMILES string of the molecule is C=CCOc1c(Br)cc(/C=N\NC(=O)c2ccc(NC(C)=O)cc2)cc1OC. The highest BCUT2D eigenvalue weighted by Crippen LogP contribution is 2.36. The Labute approximate surface area is 171 Å². The van der Waals surface area contributed by atoms with Crippen molar-refractivity contribution in [3.05, 3.63) is 64.7 Å². The van der Waals surface area contributed by atoms with E-state index in [4.69, 9.17) is 9.47 Å². The van der Waals surface area contributed by atoms with Gasteiger partial charge in [-0.2, -0.15) is 5.10 Å². The summed E-state index contributed by atoms with van der Waals surface area (Å²) in [5.41, 5.74) is 4.19. The number of methoxy groups -OCH3 is 1. The Balaban J connectivity index is 2.05. The molecule has 0 fully saturated rings. The lowest BCUT2D eigenvalue weighted by molar-refractivity contribution is -0.114. The molecule has 0 saturated carbocycles. The van der Waals surface area contributed by atoms with Gasteiger partial charge < -0.3 is 14.8 Å². The Morgan fingerprint density at radius 1 is 1.25 bits per heavy atom. The summed E-state index contributed by atoms with van der Waals surface area (Å²) in [5.74, 6) is 0.535. The topological polar surface area (TPSA) is 89.0 Å². The van der Waals surface area contributed by atoms with Gasteiger partial charge in [0.2, 0.25) is 5.91 Å². The Kier molecular flexibility index (Phi) is 7.76. The molecule has 0 radical (unpaired) electrons. The molecule has 0 saturated heterocycles. The van der Waals surface area contributed by atoms with Crippen molar-refractivity contribution in [1.29, 1.82) is 0 Å². The molecule has 0 unspecified atom stereocenters. The second kappa shape index (κ2) is 10.3. The molecule has 2 aromatic carbocycles. The van der Waals surface area contributed by atoms with Crippen LogP contribution >= 0.6 is 15.9 Å². The van der Waals surface area contributed by atoms with Crippen LogP contribution < -0.4 is 20.2 Å². The molecule has 0 bridgehead atoms. The Morgan fingerprint density at radius 2 is 1.96 bits per heavy atom. The van der Waals surface area contributed by atoms with E-state index in [0.717, 1.165) is 0 Å². The first-order valence-electron chi connectivity index (χ1n) is 8.27. The number of nitrogens with zero attached hydrogens (tertiary/aromatic N) is 1. The summed E-state index contributed by atoms with van der Waals surface area (Å²) in [6.45, 7) is 5.38. The van der Waals surface area contributed by atoms with E-state index in [1.54, 1.807) is 42.5 Å². The van der Waals surface area contributed by atoms with Crippen LogP contribution in [0.15, 0.2) is 58.6 Å². The Morgan fingerprint density at radius 3 is 2.57 bits per heavy atom. The molecule has 0 aromatic heterocycles. The van der Waals surface area contributed by atoms with Crippen molar-refractivity contribution in [1.82, 2.24) is 5.43 Å². The van der Waals surface area contributed by atoms with Gasteiger partial charge in [-0.25, -0.2) is 5.43 Å². The van der Waals surface area contributed by atoms with Crippen LogP contribution in [0.25, 0.3) is 0 Å². The van der Waals surface area contributed by atoms with Crippen LogP contribution in [0.3, 0.4) is 0 Å². The van der Waals surface area contributed by atoms with Crippen molar-refractivity contribution < 1.29 is 19.1 Å². The molecule has 7 nitrogen and oxygen atoms in total. The summed E-state index contributed by atoms with van der Waals surface area (Å²) >= 11 is 3.43. The third-order valence-electron chi connectivity index (χ3n) is 3.44. The fourth-order valence-corrected chi connectivity index (χ4v) is 2.81. The normalized spacial score (nSPS) is 10.4. The smallest absolute Gasteiger partial charge is 0.271 e. The molecule has 0 heterocycles. The molecule has 0 aliphatic carbocycles. The lowest BCUT2D eigenvalue weighted by atomic mass is 10.2. The quantitative estimate of drug-likeness (QED) is 0.367. The average Bonchev–Trinajstić information content (AvgIpc) is 2.66. The number of hydrogen-bond acceptors (Lipinski definition) is 5. The van der Waals surface area contributed by atoms with Crippen molar-refractivity contribution in [2.24, 2.45) is 5.10 Å². The summed E-state index contributed by atoms with van der Waals surface area (Å²) in [5, 5.41) is 6.61. The average molecular weight is 446 g/mol. The number of hydrogen-bond donors (Lipinski definition) is 2. The van der Waals surface area contributed by atoms with Gasteiger partial charge in [-0.3, -0.25) is 9.59 Å². The van der Waals surface area contributed by atoms with Crippen molar-refractivity contribution in [3.63, 3.8) is 0 Å². The van der Waals surface area contributed by atoms with E-state index in [1.165, 1.54) is 20.2 Å². The first-order valence-corrected chi connectivity index (χ1v) is 9.06. The number of rotatable bonds is 8. The highest BCUT2D eigenvalue weighted by Gasteiger charge is 2.11. The summed E-state index contributed by atoms with van der Waals surface area (Å²) in [6.07, 6.45) is 3.13. The lowest BCUT2D eigenvalue weighted by Gasteiger charge is -2.12. The van der Waals surface area contributed by atoms with Gasteiger partial charge >= 0.3 is 0 Å². The molecule has 0 aliphatic rings. The van der Waals surface area contributed by atoms with Gasteiger partial charge in [0.25, 0.3) is 5.91 Å². The minimum atomic E-state index is -0.373. The molecular formula is C20H20BrN3O4. The summed E-state index contributed by atoms with van der Waals surface area (Å²) < 4.78 is 11.6. The molecule has 2 amide bonds. The second-order valence-corrected chi connectivity index (χ2v) is 6.45. The minimum absolute atomic E-state index is 0.177. The molecule has 0 atom stereocenters. The van der Waals surface area contributed by atoms with Crippen molar-refractivity contribution in [2.75, 3.05) is 19.0 Å². The maximum absolute atomic E-state index is 12.2. The van der Waals surface area contributed by atoms with Crippen molar-refractivity contribution in [2.45, 2.75) is 6.92 Å².